The lowest BCUT2D eigenvalue weighted by Crippen LogP contribution is -2.24. The second-order valence-electron chi connectivity index (χ2n) is 9.42. The molecule has 5 aromatic rings. The van der Waals surface area contributed by atoms with Crippen molar-refractivity contribution in [2.45, 2.75) is 32.2 Å². The van der Waals surface area contributed by atoms with Gasteiger partial charge >= 0.3 is 0 Å². The zero-order valence-electron chi connectivity index (χ0n) is 21.9. The quantitative estimate of drug-likeness (QED) is 0.210. The highest BCUT2D eigenvalue weighted by atomic mass is 16.5. The molecule has 0 unspecified atom stereocenters. The lowest BCUT2D eigenvalue weighted by atomic mass is 10.1. The first-order valence-electron chi connectivity index (χ1n) is 13.1. The maximum atomic E-state index is 12.5. The maximum Gasteiger partial charge on any atom is 0.251 e. The molecule has 194 valence electrons. The van der Waals surface area contributed by atoms with Gasteiger partial charge in [0.05, 0.1) is 25.3 Å². The number of imidazole rings is 1. The third kappa shape index (κ3) is 5.65. The van der Waals surface area contributed by atoms with E-state index in [1.54, 1.807) is 32.4 Å². The molecule has 5 rings (SSSR count). The Morgan fingerprint density at radius 2 is 1.61 bits per heavy atom. The standard InChI is InChI=1S/C32H33N3O3/c1-37-29-18-17-26(21-30(29)38-2)32(36)33-19-9-3-4-14-31-34-27-12-7-8-13-28(27)35(31)22-23-15-16-24-10-5-6-11-25(24)20-23/h5-8,10-13,15-18,20-21H,3-4,9,14,19,22H2,1-2H3,(H,33,36). The van der Waals surface area contributed by atoms with Crippen LogP contribution in [-0.2, 0) is 13.0 Å². The highest BCUT2D eigenvalue weighted by Crippen LogP contribution is 2.27. The van der Waals surface area contributed by atoms with E-state index in [2.05, 4.69) is 70.5 Å². The van der Waals surface area contributed by atoms with E-state index >= 15 is 0 Å². The Hall–Kier alpha value is -4.32. The fraction of sp³-hybridized carbons (Fsp3) is 0.250. The molecule has 0 aliphatic rings. The number of ether oxygens (including phenoxy) is 2. The number of nitrogens with zero attached hydrogens (tertiary/aromatic N) is 2. The summed E-state index contributed by atoms with van der Waals surface area (Å²) in [5, 5.41) is 5.52. The van der Waals surface area contributed by atoms with Crippen molar-refractivity contribution in [3.05, 3.63) is 102 Å². The van der Waals surface area contributed by atoms with Gasteiger partial charge in [-0.05, 0) is 65.6 Å². The van der Waals surface area contributed by atoms with Crippen molar-refractivity contribution in [3.63, 3.8) is 0 Å². The molecule has 0 saturated carbocycles. The van der Waals surface area contributed by atoms with E-state index in [4.69, 9.17) is 14.5 Å². The molecular weight excluding hydrogens is 474 g/mol. The van der Waals surface area contributed by atoms with Crippen molar-refractivity contribution in [3.8, 4) is 11.5 Å². The third-order valence-electron chi connectivity index (χ3n) is 6.90. The molecule has 1 aromatic heterocycles. The number of benzene rings is 4. The van der Waals surface area contributed by atoms with Gasteiger partial charge in [0.1, 0.15) is 5.82 Å². The zero-order chi connectivity index (χ0) is 26.3. The van der Waals surface area contributed by atoms with Gasteiger partial charge in [-0.2, -0.15) is 0 Å². The Balaban J connectivity index is 1.18. The van der Waals surface area contributed by atoms with E-state index in [1.807, 2.05) is 6.07 Å². The molecule has 0 saturated heterocycles. The predicted molar refractivity (Wildman–Crippen MR) is 152 cm³/mol. The van der Waals surface area contributed by atoms with Crippen LogP contribution in [0.1, 0.15) is 41.0 Å². The van der Waals surface area contributed by atoms with Crippen molar-refractivity contribution in [2.75, 3.05) is 20.8 Å². The number of aromatic nitrogens is 2. The molecule has 0 spiro atoms. The number of methoxy groups -OCH3 is 2. The lowest BCUT2D eigenvalue weighted by molar-refractivity contribution is 0.0952. The molecule has 0 fully saturated rings. The first-order valence-corrected chi connectivity index (χ1v) is 13.1. The summed E-state index contributed by atoms with van der Waals surface area (Å²) >= 11 is 0. The Labute approximate surface area is 223 Å². The Kier molecular flexibility index (Phi) is 7.88. The van der Waals surface area contributed by atoms with Crippen LogP contribution in [0.4, 0.5) is 0 Å². The number of fused-ring (bicyclic) bond motifs is 2. The van der Waals surface area contributed by atoms with Crippen LogP contribution < -0.4 is 14.8 Å². The van der Waals surface area contributed by atoms with E-state index in [-0.39, 0.29) is 5.91 Å². The van der Waals surface area contributed by atoms with Gasteiger partial charge in [0.15, 0.2) is 11.5 Å². The predicted octanol–water partition coefficient (Wildman–Crippen LogP) is 6.40. The highest BCUT2D eigenvalue weighted by molar-refractivity contribution is 5.94. The van der Waals surface area contributed by atoms with Crippen molar-refractivity contribution < 1.29 is 14.3 Å². The molecule has 4 aromatic carbocycles. The number of nitrogens with one attached hydrogen (secondary N) is 1. The van der Waals surface area contributed by atoms with Crippen LogP contribution in [0.15, 0.2) is 84.9 Å². The minimum absolute atomic E-state index is 0.108. The molecular formula is C32H33N3O3. The normalized spacial score (nSPS) is 11.1. The highest BCUT2D eigenvalue weighted by Gasteiger charge is 2.12. The molecule has 1 N–H and O–H groups in total. The van der Waals surface area contributed by atoms with Gasteiger partial charge < -0.3 is 19.4 Å². The summed E-state index contributed by atoms with van der Waals surface area (Å²) in [7, 11) is 3.14. The number of unbranched alkanes of at least 4 members (excludes halogenated alkanes) is 2. The van der Waals surface area contributed by atoms with E-state index in [0.29, 0.717) is 23.6 Å². The molecule has 6 nitrogen and oxygen atoms in total. The summed E-state index contributed by atoms with van der Waals surface area (Å²) in [5.74, 6) is 2.15. The topological polar surface area (TPSA) is 65.4 Å². The SMILES string of the molecule is COc1ccc(C(=O)NCCCCCc2nc3ccccc3n2Cc2ccc3ccccc3c2)cc1OC. The molecule has 0 radical (unpaired) electrons. The maximum absolute atomic E-state index is 12.5. The number of rotatable bonds is 11. The van der Waals surface area contributed by atoms with E-state index in [9.17, 15) is 4.79 Å². The van der Waals surface area contributed by atoms with Crippen molar-refractivity contribution >= 4 is 27.7 Å². The van der Waals surface area contributed by atoms with E-state index in [0.717, 1.165) is 49.1 Å². The molecule has 0 aliphatic carbocycles. The second-order valence-corrected chi connectivity index (χ2v) is 9.42. The average Bonchev–Trinajstić information content (AvgIpc) is 3.31. The van der Waals surface area contributed by atoms with Gasteiger partial charge in [-0.15, -0.1) is 0 Å². The summed E-state index contributed by atoms with van der Waals surface area (Å²) < 4.78 is 12.9. The van der Waals surface area contributed by atoms with Crippen LogP contribution in [0.5, 0.6) is 11.5 Å². The molecule has 1 amide bonds. The summed E-state index contributed by atoms with van der Waals surface area (Å²) in [6, 6.07) is 28.7. The Bertz CT molecular complexity index is 1560. The number of carbonyl (C=O) groups is 1. The number of para-hydroxylation sites is 2. The average molecular weight is 508 g/mol. The van der Waals surface area contributed by atoms with Crippen LogP contribution in [0.3, 0.4) is 0 Å². The number of aryl methyl sites for hydroxylation is 1. The van der Waals surface area contributed by atoms with Crippen molar-refractivity contribution in [1.82, 2.24) is 14.9 Å². The van der Waals surface area contributed by atoms with Gasteiger partial charge in [0.25, 0.3) is 5.91 Å². The van der Waals surface area contributed by atoms with Gasteiger partial charge in [0, 0.05) is 25.1 Å². The molecule has 6 heteroatoms. The Morgan fingerprint density at radius 3 is 2.45 bits per heavy atom. The monoisotopic (exact) mass is 507 g/mol. The number of hydrogen-bond donors (Lipinski definition) is 1. The number of carbonyl (C=O) groups excluding carboxylic acids is 1. The molecule has 0 aliphatic heterocycles. The molecule has 38 heavy (non-hydrogen) atoms. The van der Waals surface area contributed by atoms with Gasteiger partial charge in [0.2, 0.25) is 0 Å². The number of hydrogen-bond acceptors (Lipinski definition) is 4. The molecule has 0 bridgehead atoms. The van der Waals surface area contributed by atoms with Crippen molar-refractivity contribution in [2.24, 2.45) is 0 Å². The van der Waals surface area contributed by atoms with Crippen LogP contribution in [-0.4, -0.2) is 36.2 Å². The van der Waals surface area contributed by atoms with Crippen molar-refractivity contribution in [1.29, 1.82) is 0 Å². The number of amides is 1. The van der Waals surface area contributed by atoms with Crippen LogP contribution >= 0.6 is 0 Å². The summed E-state index contributed by atoms with van der Waals surface area (Å²) in [6.07, 6.45) is 3.81. The fourth-order valence-electron chi connectivity index (χ4n) is 4.88. The fourth-order valence-corrected chi connectivity index (χ4v) is 4.88. The summed E-state index contributed by atoms with van der Waals surface area (Å²) in [4.78, 5) is 17.5. The van der Waals surface area contributed by atoms with Gasteiger partial charge in [-0.1, -0.05) is 55.0 Å². The van der Waals surface area contributed by atoms with E-state index < -0.39 is 0 Å². The smallest absolute Gasteiger partial charge is 0.251 e. The van der Waals surface area contributed by atoms with Gasteiger partial charge in [-0.3, -0.25) is 4.79 Å². The lowest BCUT2D eigenvalue weighted by Gasteiger charge is -2.11. The van der Waals surface area contributed by atoms with E-state index in [1.165, 1.54) is 16.3 Å². The van der Waals surface area contributed by atoms with Crippen LogP contribution in [0, 0.1) is 0 Å². The minimum atomic E-state index is -0.108. The molecule has 1 heterocycles. The second kappa shape index (κ2) is 11.8. The van der Waals surface area contributed by atoms with Crippen LogP contribution in [0.2, 0.25) is 0 Å². The third-order valence-corrected chi connectivity index (χ3v) is 6.90. The first-order chi connectivity index (χ1) is 18.7. The summed E-state index contributed by atoms with van der Waals surface area (Å²) in [6.45, 7) is 1.42. The zero-order valence-corrected chi connectivity index (χ0v) is 21.9. The van der Waals surface area contributed by atoms with Gasteiger partial charge in [-0.25, -0.2) is 4.98 Å². The molecule has 0 atom stereocenters. The Morgan fingerprint density at radius 1 is 0.816 bits per heavy atom. The first kappa shape index (κ1) is 25.3. The largest absolute Gasteiger partial charge is 0.493 e. The van der Waals surface area contributed by atoms with Crippen LogP contribution in [0.25, 0.3) is 21.8 Å². The summed E-state index contributed by atoms with van der Waals surface area (Å²) in [5.41, 5.74) is 4.03. The minimum Gasteiger partial charge on any atom is -0.493 e.